The highest BCUT2D eigenvalue weighted by atomic mass is 16.6. The lowest BCUT2D eigenvalue weighted by molar-refractivity contribution is -0.384. The predicted molar refractivity (Wildman–Crippen MR) is 66.5 cm³/mol. The predicted octanol–water partition coefficient (Wildman–Crippen LogP) is 2.06. The minimum Gasteiger partial charge on any atom is -0.493 e. The molecule has 1 heterocycles. The number of hydrogen-bond donors (Lipinski definition) is 0. The maximum absolute atomic E-state index is 10.7. The quantitative estimate of drug-likeness (QED) is 0.618. The summed E-state index contributed by atoms with van der Waals surface area (Å²) < 4.78 is 10.4. The summed E-state index contributed by atoms with van der Waals surface area (Å²) in [7, 11) is 1.42. The maximum Gasteiger partial charge on any atom is 0.273 e. The van der Waals surface area contributed by atoms with E-state index in [1.54, 1.807) is 0 Å². The molecule has 100 valence electrons. The fraction of sp³-hybridized carbons (Fsp3) is 0.0833. The molecule has 0 fully saturated rings. The fourth-order valence-corrected chi connectivity index (χ4v) is 1.40. The van der Waals surface area contributed by atoms with Crippen molar-refractivity contribution < 1.29 is 14.4 Å². The molecule has 0 bridgehead atoms. The first-order valence-electron chi connectivity index (χ1n) is 5.36. The van der Waals surface area contributed by atoms with Gasteiger partial charge in [0.25, 0.3) is 5.69 Å². The third-order valence-electron chi connectivity index (χ3n) is 2.32. The number of non-ortho nitro benzene ring substituents is 1. The van der Waals surface area contributed by atoms with Crippen molar-refractivity contribution in [3.8, 4) is 23.4 Å². The summed E-state index contributed by atoms with van der Waals surface area (Å²) >= 11 is 0. The number of aromatic nitrogens is 2. The van der Waals surface area contributed by atoms with E-state index in [4.69, 9.17) is 14.7 Å². The van der Waals surface area contributed by atoms with Crippen molar-refractivity contribution in [2.75, 3.05) is 7.11 Å². The maximum atomic E-state index is 10.7. The largest absolute Gasteiger partial charge is 0.493 e. The van der Waals surface area contributed by atoms with E-state index in [1.807, 2.05) is 6.07 Å². The third-order valence-corrected chi connectivity index (χ3v) is 2.32. The van der Waals surface area contributed by atoms with Crippen LogP contribution >= 0.6 is 0 Å². The Labute approximate surface area is 113 Å². The van der Waals surface area contributed by atoms with Crippen LogP contribution < -0.4 is 9.47 Å². The summed E-state index contributed by atoms with van der Waals surface area (Å²) in [6.07, 6.45) is 2.48. The van der Waals surface area contributed by atoms with Crippen LogP contribution in [-0.4, -0.2) is 22.0 Å². The molecule has 2 rings (SSSR count). The van der Waals surface area contributed by atoms with Gasteiger partial charge in [-0.25, -0.2) is 9.97 Å². The molecule has 1 aromatic heterocycles. The average Bonchev–Trinajstić information content (AvgIpc) is 2.48. The number of nitro benzene ring substituents is 1. The third kappa shape index (κ3) is 2.78. The Kier molecular flexibility index (Phi) is 3.72. The van der Waals surface area contributed by atoms with Crippen molar-refractivity contribution in [2.24, 2.45) is 0 Å². The van der Waals surface area contributed by atoms with Gasteiger partial charge in [0.1, 0.15) is 6.07 Å². The molecule has 0 amide bonds. The number of ether oxygens (including phenoxy) is 2. The lowest BCUT2D eigenvalue weighted by Crippen LogP contribution is -1.95. The Morgan fingerprint density at radius 3 is 2.65 bits per heavy atom. The summed E-state index contributed by atoms with van der Waals surface area (Å²) in [6, 6.07) is 5.77. The highest BCUT2D eigenvalue weighted by Gasteiger charge is 2.13. The monoisotopic (exact) mass is 272 g/mol. The highest BCUT2D eigenvalue weighted by Crippen LogP contribution is 2.33. The van der Waals surface area contributed by atoms with E-state index in [9.17, 15) is 10.1 Å². The van der Waals surface area contributed by atoms with Gasteiger partial charge in [-0.2, -0.15) is 5.26 Å². The van der Waals surface area contributed by atoms with E-state index in [0.29, 0.717) is 5.75 Å². The molecule has 0 spiro atoms. The number of nitrogens with zero attached hydrogens (tertiary/aromatic N) is 4. The molecular weight excluding hydrogens is 264 g/mol. The van der Waals surface area contributed by atoms with Gasteiger partial charge in [0.2, 0.25) is 5.88 Å². The zero-order chi connectivity index (χ0) is 14.5. The van der Waals surface area contributed by atoms with Crippen molar-refractivity contribution in [3.05, 3.63) is 46.4 Å². The van der Waals surface area contributed by atoms with Crippen LogP contribution in [0.25, 0.3) is 0 Å². The lowest BCUT2D eigenvalue weighted by Gasteiger charge is -2.08. The van der Waals surface area contributed by atoms with Gasteiger partial charge in [0.05, 0.1) is 30.5 Å². The van der Waals surface area contributed by atoms with Crippen LogP contribution in [0, 0.1) is 21.4 Å². The molecular formula is C12H8N4O4. The van der Waals surface area contributed by atoms with Crippen molar-refractivity contribution >= 4 is 5.69 Å². The molecule has 0 saturated carbocycles. The smallest absolute Gasteiger partial charge is 0.273 e. The van der Waals surface area contributed by atoms with Crippen LogP contribution in [0.1, 0.15) is 5.69 Å². The van der Waals surface area contributed by atoms with E-state index < -0.39 is 4.92 Å². The number of nitro groups is 1. The molecule has 0 radical (unpaired) electrons. The van der Waals surface area contributed by atoms with Gasteiger partial charge in [-0.05, 0) is 6.07 Å². The number of methoxy groups -OCH3 is 1. The second-order valence-electron chi connectivity index (χ2n) is 3.55. The molecule has 1 aromatic carbocycles. The SMILES string of the molecule is COc1ccc([N+](=O)[O-])cc1Oc1cnc(C#N)cn1. The summed E-state index contributed by atoms with van der Waals surface area (Å²) in [5.74, 6) is 0.560. The average molecular weight is 272 g/mol. The summed E-state index contributed by atoms with van der Waals surface area (Å²) in [6.45, 7) is 0. The minimum absolute atomic E-state index is 0.0998. The van der Waals surface area contributed by atoms with Gasteiger partial charge in [0, 0.05) is 6.07 Å². The summed E-state index contributed by atoms with van der Waals surface area (Å²) in [5, 5.41) is 19.3. The molecule has 0 aliphatic carbocycles. The van der Waals surface area contributed by atoms with E-state index in [0.717, 1.165) is 0 Å². The number of hydrogen-bond acceptors (Lipinski definition) is 7. The van der Waals surface area contributed by atoms with Gasteiger partial charge in [-0.3, -0.25) is 10.1 Å². The first kappa shape index (κ1) is 13.2. The van der Waals surface area contributed by atoms with Crippen molar-refractivity contribution in [2.45, 2.75) is 0 Å². The Balaban J connectivity index is 2.33. The molecule has 0 N–H and O–H groups in total. The van der Waals surface area contributed by atoms with Gasteiger partial charge in [-0.15, -0.1) is 0 Å². The molecule has 0 unspecified atom stereocenters. The molecule has 2 aromatic rings. The Bertz CT molecular complexity index is 679. The van der Waals surface area contributed by atoms with Crippen LogP contribution in [0.4, 0.5) is 5.69 Å². The lowest BCUT2D eigenvalue weighted by atomic mass is 10.3. The zero-order valence-corrected chi connectivity index (χ0v) is 10.3. The fourth-order valence-electron chi connectivity index (χ4n) is 1.40. The van der Waals surface area contributed by atoms with Gasteiger partial charge < -0.3 is 9.47 Å². The second-order valence-corrected chi connectivity index (χ2v) is 3.55. The molecule has 8 heteroatoms. The number of nitriles is 1. The van der Waals surface area contributed by atoms with Crippen LogP contribution in [0.5, 0.6) is 17.4 Å². The minimum atomic E-state index is -0.545. The van der Waals surface area contributed by atoms with Crippen LogP contribution in [0.2, 0.25) is 0 Å². The molecule has 0 saturated heterocycles. The Morgan fingerprint density at radius 2 is 2.10 bits per heavy atom. The van der Waals surface area contributed by atoms with Crippen LogP contribution in [0.15, 0.2) is 30.6 Å². The summed E-state index contributed by atoms with van der Waals surface area (Å²) in [5.41, 5.74) is 0.00533. The molecule has 0 aliphatic heterocycles. The normalized spacial score (nSPS) is 9.60. The van der Waals surface area contributed by atoms with Gasteiger partial charge in [-0.1, -0.05) is 0 Å². The Hall–Kier alpha value is -3.21. The molecule has 20 heavy (non-hydrogen) atoms. The second kappa shape index (κ2) is 5.62. The molecule has 0 aliphatic rings. The molecule has 8 nitrogen and oxygen atoms in total. The first-order chi connectivity index (χ1) is 9.63. The van der Waals surface area contributed by atoms with E-state index in [1.165, 1.54) is 37.7 Å². The topological polar surface area (TPSA) is 111 Å². The number of benzene rings is 1. The van der Waals surface area contributed by atoms with Gasteiger partial charge in [0.15, 0.2) is 17.2 Å². The standard InChI is InChI=1S/C12H8N4O4/c1-19-10-3-2-9(16(17)18)4-11(10)20-12-7-14-8(5-13)6-15-12/h2-4,6-7H,1H3. The first-order valence-corrected chi connectivity index (χ1v) is 5.36. The summed E-state index contributed by atoms with van der Waals surface area (Å²) in [4.78, 5) is 17.8. The zero-order valence-electron chi connectivity index (χ0n) is 10.3. The van der Waals surface area contributed by atoms with Crippen LogP contribution in [-0.2, 0) is 0 Å². The van der Waals surface area contributed by atoms with E-state index in [2.05, 4.69) is 9.97 Å². The number of rotatable bonds is 4. The van der Waals surface area contributed by atoms with E-state index >= 15 is 0 Å². The molecule has 0 atom stereocenters. The Morgan fingerprint density at radius 1 is 1.30 bits per heavy atom. The van der Waals surface area contributed by atoms with Gasteiger partial charge >= 0.3 is 0 Å². The van der Waals surface area contributed by atoms with Crippen molar-refractivity contribution in [1.29, 1.82) is 5.26 Å². The van der Waals surface area contributed by atoms with Crippen molar-refractivity contribution in [1.82, 2.24) is 9.97 Å². The van der Waals surface area contributed by atoms with Crippen LogP contribution in [0.3, 0.4) is 0 Å². The highest BCUT2D eigenvalue weighted by molar-refractivity contribution is 5.49. The van der Waals surface area contributed by atoms with E-state index in [-0.39, 0.29) is 23.0 Å². The van der Waals surface area contributed by atoms with Crippen molar-refractivity contribution in [3.63, 3.8) is 0 Å².